The molecular weight excluding hydrogens is 218 g/mol. The minimum atomic E-state index is -0.310. The Morgan fingerprint density at radius 2 is 2.29 bits per heavy atom. The molecule has 17 heavy (non-hydrogen) atoms. The summed E-state index contributed by atoms with van der Waals surface area (Å²) < 4.78 is 0. The highest BCUT2D eigenvalue weighted by atomic mass is 16.2. The first-order chi connectivity index (χ1) is 8.17. The van der Waals surface area contributed by atoms with E-state index in [2.05, 4.69) is 10.3 Å². The Morgan fingerprint density at radius 3 is 2.88 bits per heavy atom. The van der Waals surface area contributed by atoms with E-state index in [1.807, 2.05) is 0 Å². The standard InChI is InChI=1S/C12H17N3O2/c13-5-4-12(2-3-12)8-15-11(17)9-7-14-6-1-10(9)16/h1,6-7H,2-5,8,13H2,(H,14,16)(H,15,17). The highest BCUT2D eigenvalue weighted by molar-refractivity contribution is 5.93. The zero-order valence-electron chi connectivity index (χ0n) is 9.66. The summed E-state index contributed by atoms with van der Waals surface area (Å²) in [6, 6.07) is 1.35. The van der Waals surface area contributed by atoms with E-state index in [1.165, 1.54) is 18.5 Å². The van der Waals surface area contributed by atoms with E-state index in [0.29, 0.717) is 13.1 Å². The summed E-state index contributed by atoms with van der Waals surface area (Å²) in [5.74, 6) is -0.310. The highest BCUT2D eigenvalue weighted by Gasteiger charge is 2.41. The quantitative estimate of drug-likeness (QED) is 0.682. The van der Waals surface area contributed by atoms with Gasteiger partial charge in [0, 0.05) is 25.0 Å². The number of pyridine rings is 1. The van der Waals surface area contributed by atoms with Crippen molar-refractivity contribution in [2.45, 2.75) is 19.3 Å². The third-order valence-corrected chi connectivity index (χ3v) is 3.32. The zero-order valence-corrected chi connectivity index (χ0v) is 9.66. The van der Waals surface area contributed by atoms with Gasteiger partial charge in [0.1, 0.15) is 5.56 Å². The van der Waals surface area contributed by atoms with Crippen molar-refractivity contribution < 1.29 is 4.79 Å². The maximum atomic E-state index is 11.8. The summed E-state index contributed by atoms with van der Waals surface area (Å²) in [7, 11) is 0. The number of hydrogen-bond donors (Lipinski definition) is 3. The maximum Gasteiger partial charge on any atom is 0.256 e. The second-order valence-electron chi connectivity index (χ2n) is 4.64. The number of aromatic amines is 1. The molecule has 1 aliphatic carbocycles. The molecule has 1 amide bonds. The van der Waals surface area contributed by atoms with E-state index in [-0.39, 0.29) is 22.3 Å². The normalized spacial score (nSPS) is 16.5. The zero-order chi connectivity index (χ0) is 12.3. The Bertz CT molecular complexity index is 463. The molecule has 0 unspecified atom stereocenters. The van der Waals surface area contributed by atoms with Crippen LogP contribution in [-0.2, 0) is 0 Å². The summed E-state index contributed by atoms with van der Waals surface area (Å²) in [6.45, 7) is 1.25. The molecule has 0 radical (unpaired) electrons. The molecule has 0 aromatic carbocycles. The second kappa shape index (κ2) is 4.71. The summed E-state index contributed by atoms with van der Waals surface area (Å²) in [6.07, 6.45) is 6.08. The summed E-state index contributed by atoms with van der Waals surface area (Å²) in [5, 5.41) is 2.81. The smallest absolute Gasteiger partial charge is 0.256 e. The Balaban J connectivity index is 1.94. The lowest BCUT2D eigenvalue weighted by Crippen LogP contribution is -2.34. The minimum absolute atomic E-state index is 0.163. The molecule has 5 heteroatoms. The minimum Gasteiger partial charge on any atom is -0.367 e. The van der Waals surface area contributed by atoms with Crippen molar-refractivity contribution in [2.75, 3.05) is 13.1 Å². The van der Waals surface area contributed by atoms with Crippen molar-refractivity contribution in [3.8, 4) is 0 Å². The van der Waals surface area contributed by atoms with Crippen LogP contribution in [0.2, 0.25) is 0 Å². The van der Waals surface area contributed by atoms with E-state index >= 15 is 0 Å². The predicted molar refractivity (Wildman–Crippen MR) is 64.7 cm³/mol. The number of amides is 1. The van der Waals surface area contributed by atoms with Gasteiger partial charge in [-0.15, -0.1) is 0 Å². The van der Waals surface area contributed by atoms with Crippen molar-refractivity contribution in [1.82, 2.24) is 10.3 Å². The van der Waals surface area contributed by atoms with Gasteiger partial charge in [-0.1, -0.05) is 0 Å². The lowest BCUT2D eigenvalue weighted by atomic mass is 10.0. The fraction of sp³-hybridized carbons (Fsp3) is 0.500. The molecule has 1 aliphatic rings. The Hall–Kier alpha value is -1.62. The molecule has 1 heterocycles. The van der Waals surface area contributed by atoms with Gasteiger partial charge in [-0.3, -0.25) is 9.59 Å². The van der Waals surface area contributed by atoms with Gasteiger partial charge in [0.25, 0.3) is 5.91 Å². The van der Waals surface area contributed by atoms with Crippen molar-refractivity contribution >= 4 is 5.91 Å². The molecule has 0 bridgehead atoms. The molecule has 2 rings (SSSR count). The van der Waals surface area contributed by atoms with Crippen LogP contribution in [0.15, 0.2) is 23.3 Å². The van der Waals surface area contributed by atoms with Crippen LogP contribution < -0.4 is 16.5 Å². The molecule has 0 aliphatic heterocycles. The number of aromatic nitrogens is 1. The van der Waals surface area contributed by atoms with Gasteiger partial charge < -0.3 is 16.0 Å². The van der Waals surface area contributed by atoms with Gasteiger partial charge in [-0.2, -0.15) is 0 Å². The SMILES string of the molecule is NCCC1(CNC(=O)c2c[nH]ccc2=O)CC1. The average molecular weight is 235 g/mol. The van der Waals surface area contributed by atoms with E-state index in [1.54, 1.807) is 0 Å². The molecule has 1 fully saturated rings. The molecule has 1 saturated carbocycles. The van der Waals surface area contributed by atoms with Crippen LogP contribution in [0, 0.1) is 5.41 Å². The van der Waals surface area contributed by atoms with Crippen molar-refractivity contribution in [3.05, 3.63) is 34.2 Å². The Labute approximate surface area is 99.4 Å². The number of carbonyl (C=O) groups is 1. The fourth-order valence-corrected chi connectivity index (χ4v) is 1.95. The van der Waals surface area contributed by atoms with E-state index in [0.717, 1.165) is 19.3 Å². The summed E-state index contributed by atoms with van der Waals surface area (Å²) in [4.78, 5) is 25.9. The number of carbonyl (C=O) groups excluding carboxylic acids is 1. The molecule has 4 N–H and O–H groups in total. The Morgan fingerprint density at radius 1 is 1.53 bits per heavy atom. The predicted octanol–water partition coefficient (Wildman–Crippen LogP) is 0.234. The molecule has 5 nitrogen and oxygen atoms in total. The Kier molecular flexibility index (Phi) is 3.28. The first-order valence-corrected chi connectivity index (χ1v) is 5.82. The lowest BCUT2D eigenvalue weighted by Gasteiger charge is -2.14. The van der Waals surface area contributed by atoms with Crippen LogP contribution in [0.4, 0.5) is 0 Å². The van der Waals surface area contributed by atoms with Gasteiger partial charge in [-0.05, 0) is 31.2 Å². The van der Waals surface area contributed by atoms with Gasteiger partial charge in [-0.25, -0.2) is 0 Å². The van der Waals surface area contributed by atoms with Crippen LogP contribution in [0.5, 0.6) is 0 Å². The first kappa shape index (κ1) is 11.9. The molecular formula is C12H17N3O2. The van der Waals surface area contributed by atoms with E-state index in [4.69, 9.17) is 5.73 Å². The van der Waals surface area contributed by atoms with Crippen LogP contribution in [-0.4, -0.2) is 24.0 Å². The van der Waals surface area contributed by atoms with Crippen LogP contribution in [0.1, 0.15) is 29.6 Å². The van der Waals surface area contributed by atoms with Crippen LogP contribution >= 0.6 is 0 Å². The molecule has 1 aromatic heterocycles. The number of nitrogens with one attached hydrogen (secondary N) is 2. The first-order valence-electron chi connectivity index (χ1n) is 5.82. The van der Waals surface area contributed by atoms with Crippen molar-refractivity contribution in [3.63, 3.8) is 0 Å². The van der Waals surface area contributed by atoms with E-state index < -0.39 is 0 Å². The van der Waals surface area contributed by atoms with Gasteiger partial charge >= 0.3 is 0 Å². The van der Waals surface area contributed by atoms with Crippen molar-refractivity contribution in [2.24, 2.45) is 11.1 Å². The molecule has 0 atom stereocenters. The number of nitrogens with two attached hydrogens (primary N) is 1. The van der Waals surface area contributed by atoms with Gasteiger partial charge in [0.15, 0.2) is 5.43 Å². The fourth-order valence-electron chi connectivity index (χ4n) is 1.95. The largest absolute Gasteiger partial charge is 0.367 e. The van der Waals surface area contributed by atoms with Crippen LogP contribution in [0.3, 0.4) is 0 Å². The third kappa shape index (κ3) is 2.74. The third-order valence-electron chi connectivity index (χ3n) is 3.32. The van der Waals surface area contributed by atoms with Gasteiger partial charge in [0.05, 0.1) is 0 Å². The summed E-state index contributed by atoms with van der Waals surface area (Å²) >= 11 is 0. The maximum absolute atomic E-state index is 11.8. The monoisotopic (exact) mass is 235 g/mol. The second-order valence-corrected chi connectivity index (χ2v) is 4.64. The van der Waals surface area contributed by atoms with E-state index in [9.17, 15) is 9.59 Å². The molecule has 1 aromatic rings. The number of hydrogen-bond acceptors (Lipinski definition) is 3. The number of H-pyrrole nitrogens is 1. The topological polar surface area (TPSA) is 88.0 Å². The molecule has 92 valence electrons. The van der Waals surface area contributed by atoms with Crippen LogP contribution in [0.25, 0.3) is 0 Å². The number of rotatable bonds is 5. The molecule has 0 spiro atoms. The van der Waals surface area contributed by atoms with Crippen molar-refractivity contribution in [1.29, 1.82) is 0 Å². The average Bonchev–Trinajstić information content (AvgIpc) is 3.08. The lowest BCUT2D eigenvalue weighted by molar-refractivity contribution is 0.0942. The summed E-state index contributed by atoms with van der Waals surface area (Å²) in [5.41, 5.74) is 5.62. The van der Waals surface area contributed by atoms with Gasteiger partial charge in [0.2, 0.25) is 0 Å². The highest BCUT2D eigenvalue weighted by Crippen LogP contribution is 2.47. The molecule has 0 saturated heterocycles.